The third-order valence-corrected chi connectivity index (χ3v) is 6.40. The van der Waals surface area contributed by atoms with Gasteiger partial charge in [-0.3, -0.25) is 14.4 Å². The van der Waals surface area contributed by atoms with Crippen LogP contribution in [0, 0.1) is 0 Å². The molecule has 158 valence electrons. The number of aliphatic hydroxyl groups is 1. The van der Waals surface area contributed by atoms with Crippen molar-refractivity contribution in [3.63, 3.8) is 0 Å². The highest BCUT2D eigenvalue weighted by Gasteiger charge is 2.41. The Morgan fingerprint density at radius 3 is 2.59 bits per heavy atom. The molecule has 2 aliphatic rings. The molecule has 0 aliphatic carbocycles. The second kappa shape index (κ2) is 8.42. The van der Waals surface area contributed by atoms with Crippen LogP contribution in [-0.2, 0) is 0 Å². The Kier molecular flexibility index (Phi) is 5.90. The van der Waals surface area contributed by atoms with Crippen molar-refractivity contribution in [3.05, 3.63) is 30.0 Å². The predicted molar refractivity (Wildman–Crippen MR) is 114 cm³/mol. The molecule has 0 saturated carbocycles. The molecule has 3 heterocycles. The van der Waals surface area contributed by atoms with Gasteiger partial charge in [0.25, 0.3) is 5.91 Å². The number of carbonyl (C=O) groups excluding carboxylic acids is 1. The molecule has 2 aromatic rings. The van der Waals surface area contributed by atoms with Gasteiger partial charge in [0.05, 0.1) is 11.6 Å². The van der Waals surface area contributed by atoms with Gasteiger partial charge in [0.2, 0.25) is 0 Å². The number of piperidine rings is 1. The third-order valence-electron chi connectivity index (χ3n) is 6.40. The number of carbonyl (C=O) groups is 1. The first-order valence-corrected chi connectivity index (χ1v) is 10.8. The number of hydrogen-bond donors (Lipinski definition) is 3. The van der Waals surface area contributed by atoms with Crippen molar-refractivity contribution in [1.82, 2.24) is 25.3 Å². The van der Waals surface area contributed by atoms with E-state index in [2.05, 4.69) is 34.5 Å². The molecule has 4 rings (SSSR count). The Morgan fingerprint density at radius 2 is 1.93 bits per heavy atom. The van der Waals surface area contributed by atoms with Gasteiger partial charge in [-0.05, 0) is 52.6 Å². The molecule has 29 heavy (non-hydrogen) atoms. The summed E-state index contributed by atoms with van der Waals surface area (Å²) in [6, 6.07) is 9.19. The van der Waals surface area contributed by atoms with Crippen molar-refractivity contribution in [2.45, 2.75) is 69.8 Å². The topological polar surface area (TPSA) is 82.4 Å². The second-order valence-electron chi connectivity index (χ2n) is 8.84. The lowest BCUT2D eigenvalue weighted by molar-refractivity contribution is 0.0510. The van der Waals surface area contributed by atoms with Crippen molar-refractivity contribution in [3.8, 4) is 0 Å². The summed E-state index contributed by atoms with van der Waals surface area (Å²) < 4.78 is 1.93. The fourth-order valence-electron chi connectivity index (χ4n) is 5.14. The Labute approximate surface area is 172 Å². The van der Waals surface area contributed by atoms with E-state index in [9.17, 15) is 9.90 Å². The zero-order chi connectivity index (χ0) is 20.5. The lowest BCUT2D eigenvalue weighted by atomic mass is 9.96. The molecule has 2 aliphatic heterocycles. The molecule has 1 aromatic heterocycles. The maximum atomic E-state index is 13.1. The maximum absolute atomic E-state index is 13.1. The maximum Gasteiger partial charge on any atom is 0.272 e. The highest BCUT2D eigenvalue weighted by Crippen LogP contribution is 2.36. The molecule has 4 atom stereocenters. The fraction of sp³-hybridized carbons (Fsp3) is 0.636. The van der Waals surface area contributed by atoms with Crippen molar-refractivity contribution >= 4 is 16.8 Å². The van der Waals surface area contributed by atoms with E-state index in [1.54, 1.807) is 0 Å². The number of rotatable bonds is 7. The minimum atomic E-state index is -0.347. The molecule has 0 spiro atoms. The summed E-state index contributed by atoms with van der Waals surface area (Å²) in [7, 11) is 1.86. The Bertz CT molecular complexity index is 850. The standard InChI is InChI=1S/C22H33N5O2/c1-14(2)27-20-7-5-4-6-19(20)21(25-27)22(29)24-15-10-16-8-9-17(11-15)26(16)13-18(28)12-23-3/h4-7,14-18,23,28H,8-13H2,1-3H3,(H,24,29)/t15?,16-,17+,18?. The van der Waals surface area contributed by atoms with E-state index < -0.39 is 0 Å². The number of nitrogens with one attached hydrogen (secondary N) is 2. The molecular weight excluding hydrogens is 366 g/mol. The first-order chi connectivity index (χ1) is 14.0. The molecule has 2 bridgehead atoms. The minimum absolute atomic E-state index is 0.0753. The van der Waals surface area contributed by atoms with E-state index in [0.29, 0.717) is 30.9 Å². The van der Waals surface area contributed by atoms with E-state index in [4.69, 9.17) is 0 Å². The van der Waals surface area contributed by atoms with Gasteiger partial charge in [-0.15, -0.1) is 0 Å². The number of aromatic nitrogens is 2. The Hall–Kier alpha value is -1.96. The zero-order valence-corrected chi connectivity index (χ0v) is 17.6. The summed E-state index contributed by atoms with van der Waals surface area (Å²) in [4.78, 5) is 15.5. The van der Waals surface area contributed by atoms with Gasteiger partial charge in [0.1, 0.15) is 0 Å². The summed E-state index contributed by atoms with van der Waals surface area (Å²) >= 11 is 0. The number of likely N-dealkylation sites (N-methyl/N-ethyl adjacent to an activating group) is 1. The van der Waals surface area contributed by atoms with E-state index in [1.165, 1.54) is 0 Å². The average molecular weight is 400 g/mol. The second-order valence-corrected chi connectivity index (χ2v) is 8.84. The monoisotopic (exact) mass is 399 g/mol. The minimum Gasteiger partial charge on any atom is -0.390 e. The van der Waals surface area contributed by atoms with Gasteiger partial charge in [-0.25, -0.2) is 0 Å². The van der Waals surface area contributed by atoms with Crippen LogP contribution in [0.25, 0.3) is 10.9 Å². The highest BCUT2D eigenvalue weighted by atomic mass is 16.3. The molecule has 2 fully saturated rings. The Balaban J connectivity index is 1.45. The lowest BCUT2D eigenvalue weighted by Crippen LogP contribution is -2.53. The van der Waals surface area contributed by atoms with Crippen LogP contribution in [0.5, 0.6) is 0 Å². The van der Waals surface area contributed by atoms with Crippen LogP contribution in [0.4, 0.5) is 0 Å². The smallest absolute Gasteiger partial charge is 0.272 e. The molecule has 1 amide bonds. The molecule has 3 N–H and O–H groups in total. The fourth-order valence-corrected chi connectivity index (χ4v) is 5.14. The van der Waals surface area contributed by atoms with Gasteiger partial charge in [0.15, 0.2) is 5.69 Å². The average Bonchev–Trinajstić information content (AvgIpc) is 3.17. The number of hydrogen-bond acceptors (Lipinski definition) is 5. The number of amides is 1. The molecule has 0 radical (unpaired) electrons. The number of benzene rings is 1. The van der Waals surface area contributed by atoms with Crippen molar-refractivity contribution in [2.24, 2.45) is 0 Å². The lowest BCUT2D eigenvalue weighted by Gasteiger charge is -2.40. The van der Waals surface area contributed by atoms with E-state index in [1.807, 2.05) is 36.0 Å². The van der Waals surface area contributed by atoms with Crippen LogP contribution < -0.4 is 10.6 Å². The quantitative estimate of drug-likeness (QED) is 0.663. The van der Waals surface area contributed by atoms with Crippen LogP contribution in [-0.4, -0.2) is 70.1 Å². The molecule has 7 nitrogen and oxygen atoms in total. The Morgan fingerprint density at radius 1 is 1.24 bits per heavy atom. The van der Waals surface area contributed by atoms with E-state index >= 15 is 0 Å². The van der Waals surface area contributed by atoms with E-state index in [0.717, 1.165) is 36.6 Å². The summed E-state index contributed by atoms with van der Waals surface area (Å²) in [6.07, 6.45) is 3.83. The van der Waals surface area contributed by atoms with Crippen LogP contribution in [0.1, 0.15) is 56.1 Å². The van der Waals surface area contributed by atoms with Crippen molar-refractivity contribution < 1.29 is 9.90 Å². The zero-order valence-electron chi connectivity index (χ0n) is 17.6. The summed E-state index contributed by atoms with van der Waals surface area (Å²) in [5.41, 5.74) is 1.52. The van der Waals surface area contributed by atoms with Gasteiger partial charge in [-0.2, -0.15) is 5.10 Å². The first-order valence-electron chi connectivity index (χ1n) is 10.8. The van der Waals surface area contributed by atoms with Gasteiger partial charge in [0, 0.05) is 42.6 Å². The molecule has 2 saturated heterocycles. The normalized spacial score (nSPS) is 25.6. The van der Waals surface area contributed by atoms with Crippen molar-refractivity contribution in [2.75, 3.05) is 20.1 Å². The summed E-state index contributed by atoms with van der Waals surface area (Å²) in [5, 5.41) is 22.0. The van der Waals surface area contributed by atoms with Crippen molar-refractivity contribution in [1.29, 1.82) is 0 Å². The summed E-state index contributed by atoms with van der Waals surface area (Å²) in [5.74, 6) is -0.0753. The van der Waals surface area contributed by atoms with Crippen LogP contribution in [0.15, 0.2) is 24.3 Å². The van der Waals surface area contributed by atoms with Crippen LogP contribution in [0.2, 0.25) is 0 Å². The SMILES string of the molecule is CNCC(O)CN1[C@@H]2CC[C@H]1CC(NC(=O)c1nn(C(C)C)c3ccccc13)C2. The van der Waals surface area contributed by atoms with Gasteiger partial charge < -0.3 is 15.7 Å². The molecule has 7 heteroatoms. The van der Waals surface area contributed by atoms with Gasteiger partial charge in [-0.1, -0.05) is 18.2 Å². The number of fused-ring (bicyclic) bond motifs is 3. The van der Waals surface area contributed by atoms with Crippen LogP contribution >= 0.6 is 0 Å². The highest BCUT2D eigenvalue weighted by molar-refractivity contribution is 6.05. The molecular formula is C22H33N5O2. The number of aliphatic hydroxyl groups excluding tert-OH is 1. The largest absolute Gasteiger partial charge is 0.390 e. The van der Waals surface area contributed by atoms with E-state index in [-0.39, 0.29) is 24.1 Å². The number of nitrogens with zero attached hydrogens (tertiary/aromatic N) is 3. The molecule has 1 aromatic carbocycles. The predicted octanol–water partition coefficient (Wildman–Crippen LogP) is 1.92. The summed E-state index contributed by atoms with van der Waals surface area (Å²) in [6.45, 7) is 5.48. The van der Waals surface area contributed by atoms with Gasteiger partial charge >= 0.3 is 0 Å². The number of para-hydroxylation sites is 1. The van der Waals surface area contributed by atoms with Crippen LogP contribution in [0.3, 0.4) is 0 Å². The third kappa shape index (κ3) is 4.04. The first kappa shape index (κ1) is 20.3. The molecule has 2 unspecified atom stereocenters.